The highest BCUT2D eigenvalue weighted by atomic mass is 15.1. The minimum Gasteiger partial charge on any atom is -0.303 e. The van der Waals surface area contributed by atoms with Crippen LogP contribution in [-0.2, 0) is 0 Å². The van der Waals surface area contributed by atoms with E-state index in [1.165, 1.54) is 154 Å². The predicted molar refractivity (Wildman–Crippen MR) is 140 cm³/mol. The van der Waals surface area contributed by atoms with Gasteiger partial charge in [0.15, 0.2) is 0 Å². The van der Waals surface area contributed by atoms with Crippen molar-refractivity contribution in [3.63, 3.8) is 0 Å². The van der Waals surface area contributed by atoms with Crippen molar-refractivity contribution in [2.24, 2.45) is 5.92 Å². The van der Waals surface area contributed by atoms with Crippen molar-refractivity contribution in [3.8, 4) is 0 Å². The lowest BCUT2D eigenvalue weighted by atomic mass is 9.94. The summed E-state index contributed by atoms with van der Waals surface area (Å²) in [7, 11) is 0. The maximum absolute atomic E-state index is 2.84. The maximum atomic E-state index is 2.84. The Morgan fingerprint density at radius 1 is 0.367 bits per heavy atom. The second kappa shape index (κ2) is 25.2. The third-order valence-electron chi connectivity index (χ3n) is 6.90. The van der Waals surface area contributed by atoms with E-state index in [1.807, 2.05) is 0 Å². The molecule has 1 nitrogen and oxygen atoms in total. The van der Waals surface area contributed by atoms with Crippen molar-refractivity contribution in [2.75, 3.05) is 19.6 Å². The molecule has 0 unspecified atom stereocenters. The highest BCUT2D eigenvalue weighted by Crippen LogP contribution is 2.19. The lowest BCUT2D eigenvalue weighted by Gasteiger charge is -2.25. The van der Waals surface area contributed by atoms with Crippen molar-refractivity contribution in [1.29, 1.82) is 0 Å². The van der Waals surface area contributed by atoms with E-state index < -0.39 is 0 Å². The molecule has 0 amide bonds. The Hall–Kier alpha value is -0.0400. The van der Waals surface area contributed by atoms with Gasteiger partial charge < -0.3 is 4.90 Å². The van der Waals surface area contributed by atoms with Gasteiger partial charge in [0.25, 0.3) is 0 Å². The fraction of sp³-hybridized carbons (Fsp3) is 1.00. The van der Waals surface area contributed by atoms with Crippen molar-refractivity contribution >= 4 is 0 Å². The minimum absolute atomic E-state index is 0.972. The SMILES string of the molecule is CCCCCCCCCCCN(CCCCCCCCC)CCC(CCC)CCC. The lowest BCUT2D eigenvalue weighted by Crippen LogP contribution is -2.28. The van der Waals surface area contributed by atoms with Gasteiger partial charge in [0, 0.05) is 0 Å². The molecule has 0 aromatic carbocycles. The molecule has 0 atom stereocenters. The molecule has 0 radical (unpaired) electrons. The first-order chi connectivity index (χ1) is 14.8. The summed E-state index contributed by atoms with van der Waals surface area (Å²) in [5, 5.41) is 0. The monoisotopic (exact) mass is 423 g/mol. The largest absolute Gasteiger partial charge is 0.303 e. The topological polar surface area (TPSA) is 3.24 Å². The molecule has 0 saturated heterocycles. The summed E-state index contributed by atoms with van der Waals surface area (Å²) < 4.78 is 0. The van der Waals surface area contributed by atoms with Crippen molar-refractivity contribution in [2.45, 2.75) is 163 Å². The summed E-state index contributed by atoms with van der Waals surface area (Å²) in [6, 6.07) is 0. The molecule has 30 heavy (non-hydrogen) atoms. The average molecular weight is 424 g/mol. The Labute approximate surface area is 193 Å². The predicted octanol–water partition coefficient (Wildman–Crippen LogP) is 10.2. The number of unbranched alkanes of at least 4 members (excludes halogenated alkanes) is 14. The molecule has 0 aliphatic carbocycles. The van der Waals surface area contributed by atoms with Gasteiger partial charge in [0.1, 0.15) is 0 Å². The van der Waals surface area contributed by atoms with E-state index in [0.717, 1.165) is 5.92 Å². The average Bonchev–Trinajstić information content (AvgIpc) is 2.75. The molecule has 0 aromatic rings. The van der Waals surface area contributed by atoms with Crippen LogP contribution >= 0.6 is 0 Å². The molecule has 0 N–H and O–H groups in total. The number of rotatable bonds is 25. The van der Waals surface area contributed by atoms with Gasteiger partial charge in [-0.25, -0.2) is 0 Å². The fourth-order valence-corrected chi connectivity index (χ4v) is 4.89. The summed E-state index contributed by atoms with van der Waals surface area (Å²) in [6.07, 6.45) is 30.1. The molecule has 0 saturated carbocycles. The second-order valence-electron chi connectivity index (χ2n) is 10.0. The molecule has 0 bridgehead atoms. The van der Waals surface area contributed by atoms with Crippen molar-refractivity contribution < 1.29 is 0 Å². The molecule has 0 rings (SSSR count). The van der Waals surface area contributed by atoms with Crippen LogP contribution in [0.2, 0.25) is 0 Å². The van der Waals surface area contributed by atoms with Gasteiger partial charge in [-0.15, -0.1) is 0 Å². The summed E-state index contributed by atoms with van der Waals surface area (Å²) in [5.74, 6) is 0.972. The van der Waals surface area contributed by atoms with Crippen LogP contribution in [0.4, 0.5) is 0 Å². The summed E-state index contributed by atoms with van der Waals surface area (Å²) in [6.45, 7) is 13.4. The van der Waals surface area contributed by atoms with Crippen LogP contribution in [0.25, 0.3) is 0 Å². The van der Waals surface area contributed by atoms with Crippen molar-refractivity contribution in [3.05, 3.63) is 0 Å². The standard InChI is InChI=1S/C29H61N/c1-5-9-11-13-15-16-18-20-22-27-30(26-21-19-17-14-12-10-6-2)28-25-29(23-7-3)24-8-4/h29H,5-28H2,1-4H3. The molecular formula is C29H61N. The highest BCUT2D eigenvalue weighted by Gasteiger charge is 2.11. The molecule has 0 fully saturated rings. The van der Waals surface area contributed by atoms with Crippen LogP contribution in [0.1, 0.15) is 163 Å². The Morgan fingerprint density at radius 2 is 0.733 bits per heavy atom. The van der Waals surface area contributed by atoms with Gasteiger partial charge in [-0.1, -0.05) is 143 Å². The highest BCUT2D eigenvalue weighted by molar-refractivity contribution is 4.65. The molecule has 0 heterocycles. The zero-order valence-electron chi connectivity index (χ0n) is 22.0. The van der Waals surface area contributed by atoms with Crippen LogP contribution < -0.4 is 0 Å². The third kappa shape index (κ3) is 21.2. The van der Waals surface area contributed by atoms with E-state index >= 15 is 0 Å². The van der Waals surface area contributed by atoms with E-state index in [0.29, 0.717) is 0 Å². The Kier molecular flexibility index (Phi) is 25.2. The van der Waals surface area contributed by atoms with Crippen LogP contribution in [-0.4, -0.2) is 24.5 Å². The van der Waals surface area contributed by atoms with E-state index in [1.54, 1.807) is 0 Å². The van der Waals surface area contributed by atoms with Gasteiger partial charge in [0.2, 0.25) is 0 Å². The van der Waals surface area contributed by atoms with Gasteiger partial charge in [-0.2, -0.15) is 0 Å². The second-order valence-corrected chi connectivity index (χ2v) is 10.0. The lowest BCUT2D eigenvalue weighted by molar-refractivity contribution is 0.233. The summed E-state index contributed by atoms with van der Waals surface area (Å²) in [4.78, 5) is 2.84. The van der Waals surface area contributed by atoms with E-state index in [4.69, 9.17) is 0 Å². The first-order valence-corrected chi connectivity index (χ1v) is 14.5. The summed E-state index contributed by atoms with van der Waals surface area (Å²) in [5.41, 5.74) is 0. The quantitative estimate of drug-likeness (QED) is 0.132. The molecule has 182 valence electrons. The van der Waals surface area contributed by atoms with E-state index in [9.17, 15) is 0 Å². The molecule has 0 spiro atoms. The van der Waals surface area contributed by atoms with E-state index in [-0.39, 0.29) is 0 Å². The number of hydrogen-bond acceptors (Lipinski definition) is 1. The zero-order chi connectivity index (χ0) is 22.1. The molecule has 0 aliphatic rings. The van der Waals surface area contributed by atoms with Crippen LogP contribution in [0.5, 0.6) is 0 Å². The third-order valence-corrected chi connectivity index (χ3v) is 6.90. The Morgan fingerprint density at radius 3 is 1.10 bits per heavy atom. The molecule has 0 aliphatic heterocycles. The molecular weight excluding hydrogens is 362 g/mol. The molecule has 0 aromatic heterocycles. The fourth-order valence-electron chi connectivity index (χ4n) is 4.89. The first kappa shape index (κ1) is 30.0. The van der Waals surface area contributed by atoms with Crippen molar-refractivity contribution in [1.82, 2.24) is 4.90 Å². The number of hydrogen-bond donors (Lipinski definition) is 0. The minimum atomic E-state index is 0.972. The number of nitrogens with zero attached hydrogens (tertiary/aromatic N) is 1. The van der Waals surface area contributed by atoms with Gasteiger partial charge in [0.05, 0.1) is 0 Å². The first-order valence-electron chi connectivity index (χ1n) is 14.5. The zero-order valence-corrected chi connectivity index (χ0v) is 22.0. The van der Waals surface area contributed by atoms with Crippen LogP contribution in [0.15, 0.2) is 0 Å². The normalized spacial score (nSPS) is 11.8. The van der Waals surface area contributed by atoms with Crippen LogP contribution in [0, 0.1) is 5.92 Å². The smallest absolute Gasteiger partial charge is 0.00161 e. The Bertz CT molecular complexity index is 295. The Balaban J connectivity index is 4.04. The summed E-state index contributed by atoms with van der Waals surface area (Å²) >= 11 is 0. The van der Waals surface area contributed by atoms with Gasteiger partial charge in [-0.05, 0) is 44.8 Å². The van der Waals surface area contributed by atoms with Crippen LogP contribution in [0.3, 0.4) is 0 Å². The van der Waals surface area contributed by atoms with Gasteiger partial charge >= 0.3 is 0 Å². The van der Waals surface area contributed by atoms with E-state index in [2.05, 4.69) is 32.6 Å². The molecule has 1 heteroatoms. The van der Waals surface area contributed by atoms with Gasteiger partial charge in [-0.3, -0.25) is 0 Å². The maximum Gasteiger partial charge on any atom is -0.00161 e.